The van der Waals surface area contributed by atoms with E-state index in [0.717, 1.165) is 11.1 Å². The number of esters is 1. The molecule has 0 unspecified atom stereocenters. The maximum atomic E-state index is 13.2. The SMILES string of the molecule is CC(C)(c1ccc(O)cc1)c1ccc(Oc2ccccc2)c(C(=O)Oc2ccccc2)c1. The fraction of sp³-hybridized carbons (Fsp3) is 0.107. The molecule has 0 aliphatic heterocycles. The minimum atomic E-state index is -0.495. The Morgan fingerprint density at radius 3 is 1.91 bits per heavy atom. The van der Waals surface area contributed by atoms with Crippen LogP contribution in [-0.4, -0.2) is 11.1 Å². The molecule has 4 heteroatoms. The molecule has 160 valence electrons. The highest BCUT2D eigenvalue weighted by Crippen LogP contribution is 2.36. The van der Waals surface area contributed by atoms with Gasteiger partial charge in [0, 0.05) is 5.41 Å². The third-order valence-electron chi connectivity index (χ3n) is 5.43. The second-order valence-electron chi connectivity index (χ2n) is 8.00. The molecule has 0 spiro atoms. The Labute approximate surface area is 187 Å². The van der Waals surface area contributed by atoms with E-state index in [0.29, 0.717) is 22.8 Å². The summed E-state index contributed by atoms with van der Waals surface area (Å²) in [6.07, 6.45) is 0. The number of phenols is 1. The predicted molar refractivity (Wildman–Crippen MR) is 125 cm³/mol. The summed E-state index contributed by atoms with van der Waals surface area (Å²) in [5.41, 5.74) is 1.85. The molecule has 4 rings (SSSR count). The summed E-state index contributed by atoms with van der Waals surface area (Å²) in [6, 6.07) is 30.9. The minimum Gasteiger partial charge on any atom is -0.508 e. The molecule has 0 saturated heterocycles. The Bertz CT molecular complexity index is 1200. The van der Waals surface area contributed by atoms with Crippen LogP contribution in [0.2, 0.25) is 0 Å². The van der Waals surface area contributed by atoms with E-state index in [9.17, 15) is 9.90 Å². The first-order valence-corrected chi connectivity index (χ1v) is 10.4. The number of aromatic hydroxyl groups is 1. The highest BCUT2D eigenvalue weighted by atomic mass is 16.5. The van der Waals surface area contributed by atoms with E-state index in [1.807, 2.05) is 72.8 Å². The van der Waals surface area contributed by atoms with Gasteiger partial charge in [0.1, 0.15) is 28.6 Å². The van der Waals surface area contributed by atoms with Crippen molar-refractivity contribution in [1.29, 1.82) is 0 Å². The van der Waals surface area contributed by atoms with Gasteiger partial charge in [-0.15, -0.1) is 0 Å². The number of hydrogen-bond donors (Lipinski definition) is 1. The van der Waals surface area contributed by atoms with Gasteiger partial charge in [-0.2, -0.15) is 0 Å². The lowest BCUT2D eigenvalue weighted by molar-refractivity contribution is 0.0732. The molecule has 4 aromatic rings. The first-order chi connectivity index (χ1) is 15.4. The minimum absolute atomic E-state index is 0.211. The van der Waals surface area contributed by atoms with Crippen molar-refractivity contribution in [3.8, 4) is 23.0 Å². The summed E-state index contributed by atoms with van der Waals surface area (Å²) < 4.78 is 11.6. The highest BCUT2D eigenvalue weighted by molar-refractivity contribution is 5.94. The molecular formula is C28H24O4. The lowest BCUT2D eigenvalue weighted by Crippen LogP contribution is -2.20. The van der Waals surface area contributed by atoms with Crippen LogP contribution in [0.3, 0.4) is 0 Å². The summed E-state index contributed by atoms with van der Waals surface area (Å²) in [4.78, 5) is 13.2. The summed E-state index contributed by atoms with van der Waals surface area (Å²) >= 11 is 0. The molecule has 0 aliphatic carbocycles. The smallest absolute Gasteiger partial charge is 0.347 e. The number of benzene rings is 4. The van der Waals surface area contributed by atoms with Gasteiger partial charge in [-0.3, -0.25) is 0 Å². The number of phenolic OH excluding ortho intramolecular Hbond substituents is 1. The summed E-state index contributed by atoms with van der Waals surface area (Å²) in [7, 11) is 0. The van der Waals surface area contributed by atoms with Gasteiger partial charge in [-0.05, 0) is 59.7 Å². The Balaban J connectivity index is 1.74. The van der Waals surface area contributed by atoms with E-state index in [2.05, 4.69) is 13.8 Å². The van der Waals surface area contributed by atoms with Crippen LogP contribution in [0.5, 0.6) is 23.0 Å². The second-order valence-corrected chi connectivity index (χ2v) is 8.00. The Morgan fingerprint density at radius 1 is 0.719 bits per heavy atom. The molecule has 0 atom stereocenters. The molecule has 0 radical (unpaired) electrons. The van der Waals surface area contributed by atoms with Crippen LogP contribution in [-0.2, 0) is 5.41 Å². The van der Waals surface area contributed by atoms with Crippen LogP contribution in [0.4, 0.5) is 0 Å². The van der Waals surface area contributed by atoms with Crippen molar-refractivity contribution >= 4 is 5.97 Å². The molecule has 32 heavy (non-hydrogen) atoms. The van der Waals surface area contributed by atoms with Gasteiger partial charge >= 0.3 is 5.97 Å². The van der Waals surface area contributed by atoms with Crippen LogP contribution < -0.4 is 9.47 Å². The third-order valence-corrected chi connectivity index (χ3v) is 5.43. The van der Waals surface area contributed by atoms with Gasteiger partial charge in [0.05, 0.1) is 0 Å². The fourth-order valence-electron chi connectivity index (χ4n) is 3.48. The zero-order valence-electron chi connectivity index (χ0n) is 18.0. The van der Waals surface area contributed by atoms with Crippen LogP contribution in [0.1, 0.15) is 35.3 Å². The van der Waals surface area contributed by atoms with Gasteiger partial charge in [-0.25, -0.2) is 4.79 Å². The maximum Gasteiger partial charge on any atom is 0.347 e. The molecule has 0 heterocycles. The van der Waals surface area contributed by atoms with Crippen molar-refractivity contribution in [2.24, 2.45) is 0 Å². The average Bonchev–Trinajstić information content (AvgIpc) is 2.81. The molecule has 0 aliphatic rings. The first-order valence-electron chi connectivity index (χ1n) is 10.4. The molecule has 0 aromatic heterocycles. The van der Waals surface area contributed by atoms with Crippen molar-refractivity contribution in [2.75, 3.05) is 0 Å². The molecule has 0 saturated carbocycles. The molecule has 0 fully saturated rings. The van der Waals surface area contributed by atoms with E-state index in [1.54, 1.807) is 30.3 Å². The molecule has 4 aromatic carbocycles. The number of hydrogen-bond acceptors (Lipinski definition) is 4. The standard InChI is InChI=1S/C28H24O4/c1-28(2,20-13-16-22(29)17-14-20)21-15-18-26(31-23-9-5-3-6-10-23)25(19-21)27(30)32-24-11-7-4-8-12-24/h3-19,29H,1-2H3. The lowest BCUT2D eigenvalue weighted by atomic mass is 9.77. The number of carbonyl (C=O) groups is 1. The van der Waals surface area contributed by atoms with Gasteiger partial charge in [-0.1, -0.05) is 68.4 Å². The van der Waals surface area contributed by atoms with E-state index in [4.69, 9.17) is 9.47 Å². The maximum absolute atomic E-state index is 13.2. The van der Waals surface area contributed by atoms with Crippen LogP contribution in [0.25, 0.3) is 0 Å². The van der Waals surface area contributed by atoms with Gasteiger partial charge in [0.15, 0.2) is 0 Å². The molecule has 0 bridgehead atoms. The second kappa shape index (κ2) is 8.98. The predicted octanol–water partition coefficient (Wildman–Crippen LogP) is 6.73. The number of ether oxygens (including phenoxy) is 2. The summed E-state index contributed by atoms with van der Waals surface area (Å²) in [5.74, 6) is 1.23. The van der Waals surface area contributed by atoms with Gasteiger partial charge in [0.2, 0.25) is 0 Å². The van der Waals surface area contributed by atoms with Crippen LogP contribution in [0, 0.1) is 0 Å². The van der Waals surface area contributed by atoms with Crippen LogP contribution in [0.15, 0.2) is 103 Å². The largest absolute Gasteiger partial charge is 0.508 e. The van der Waals surface area contributed by atoms with E-state index in [-0.39, 0.29) is 5.75 Å². The summed E-state index contributed by atoms with van der Waals surface area (Å²) in [6.45, 7) is 4.14. The van der Waals surface area contributed by atoms with Crippen molar-refractivity contribution in [3.63, 3.8) is 0 Å². The normalized spacial score (nSPS) is 11.1. The van der Waals surface area contributed by atoms with Crippen molar-refractivity contribution in [2.45, 2.75) is 19.3 Å². The lowest BCUT2D eigenvalue weighted by Gasteiger charge is -2.27. The van der Waals surface area contributed by atoms with E-state index in [1.165, 1.54) is 0 Å². The third kappa shape index (κ3) is 4.65. The van der Waals surface area contributed by atoms with Crippen LogP contribution >= 0.6 is 0 Å². The number of rotatable bonds is 6. The Morgan fingerprint density at radius 2 is 1.28 bits per heavy atom. The summed E-state index contributed by atoms with van der Waals surface area (Å²) in [5, 5.41) is 9.65. The fourth-order valence-corrected chi connectivity index (χ4v) is 3.48. The first kappa shape index (κ1) is 21.2. The van der Waals surface area contributed by atoms with Crippen molar-refractivity contribution in [1.82, 2.24) is 0 Å². The average molecular weight is 424 g/mol. The monoisotopic (exact) mass is 424 g/mol. The Kier molecular flexibility index (Phi) is 5.95. The Hall–Kier alpha value is -4.05. The van der Waals surface area contributed by atoms with E-state index < -0.39 is 11.4 Å². The topological polar surface area (TPSA) is 55.8 Å². The molecule has 0 amide bonds. The van der Waals surface area contributed by atoms with Crippen molar-refractivity contribution in [3.05, 3.63) is 120 Å². The molecule has 4 nitrogen and oxygen atoms in total. The molecular weight excluding hydrogens is 400 g/mol. The quantitative estimate of drug-likeness (QED) is 0.275. The zero-order chi connectivity index (χ0) is 22.6. The molecule has 1 N–H and O–H groups in total. The van der Waals surface area contributed by atoms with Gasteiger partial charge in [0.25, 0.3) is 0 Å². The zero-order valence-corrected chi connectivity index (χ0v) is 18.0. The van der Waals surface area contributed by atoms with Gasteiger partial charge < -0.3 is 14.6 Å². The van der Waals surface area contributed by atoms with E-state index >= 15 is 0 Å². The number of para-hydroxylation sites is 2. The highest BCUT2D eigenvalue weighted by Gasteiger charge is 2.26. The number of carbonyl (C=O) groups excluding carboxylic acids is 1. The van der Waals surface area contributed by atoms with Crippen molar-refractivity contribution < 1.29 is 19.4 Å².